The molecule has 2 fully saturated rings. The minimum absolute atomic E-state index is 0.259. The smallest absolute Gasteiger partial charge is 0.225 e. The monoisotopic (exact) mass is 419 g/mol. The fourth-order valence-corrected chi connectivity index (χ4v) is 4.78. The summed E-state index contributed by atoms with van der Waals surface area (Å²) < 4.78 is 1.80. The Morgan fingerprint density at radius 2 is 1.90 bits per heavy atom. The first kappa shape index (κ1) is 20.9. The number of anilines is 1. The van der Waals surface area contributed by atoms with Gasteiger partial charge in [-0.2, -0.15) is 5.10 Å². The number of fused-ring (bicyclic) bond motifs is 1. The van der Waals surface area contributed by atoms with E-state index in [0.717, 1.165) is 61.3 Å². The molecule has 8 nitrogen and oxygen atoms in total. The van der Waals surface area contributed by atoms with Gasteiger partial charge in [-0.1, -0.05) is 19.3 Å². The number of piperazine rings is 1. The number of pyridine rings is 1. The van der Waals surface area contributed by atoms with Gasteiger partial charge in [-0.05, 0) is 25.0 Å². The van der Waals surface area contributed by atoms with Gasteiger partial charge in [0.1, 0.15) is 5.65 Å². The number of H-pyrrole nitrogens is 1. The van der Waals surface area contributed by atoms with E-state index >= 15 is 0 Å². The number of nitrogens with one attached hydrogen (secondary N) is 1. The van der Waals surface area contributed by atoms with Crippen LogP contribution < -0.4 is 4.90 Å². The highest BCUT2D eigenvalue weighted by Gasteiger charge is 2.29. The molecule has 3 aromatic heterocycles. The van der Waals surface area contributed by atoms with Crippen molar-refractivity contribution in [3.05, 3.63) is 30.7 Å². The molecular weight excluding hydrogens is 390 g/mol. The van der Waals surface area contributed by atoms with E-state index < -0.39 is 0 Å². The summed E-state index contributed by atoms with van der Waals surface area (Å²) in [7, 11) is 1.92. The summed E-state index contributed by atoms with van der Waals surface area (Å²) in [6.07, 6.45) is 11.6. The van der Waals surface area contributed by atoms with Gasteiger partial charge >= 0.3 is 0 Å². The molecular formula is C23H29N7O. The quantitative estimate of drug-likeness (QED) is 0.703. The summed E-state index contributed by atoms with van der Waals surface area (Å²) >= 11 is 0. The molecule has 1 amide bonds. The Hall–Kier alpha value is -3.34. The Kier molecular flexibility index (Phi) is 6.21. The standard InChI is InChI=1S/C22H28N6O.CHN/c1-26-15-17(14-24-26)19-13-18-20(7-8-23-21(18)25-19)27-9-11-28(12-10-27)22(29)16-5-3-2-4-6-16;1-2/h7-8,13-16H,2-6,9-12H2,1H3,(H,23,25);1H. The second-order valence-corrected chi connectivity index (χ2v) is 8.33. The van der Waals surface area contributed by atoms with Crippen molar-refractivity contribution < 1.29 is 4.79 Å². The first-order valence-corrected chi connectivity index (χ1v) is 11.0. The summed E-state index contributed by atoms with van der Waals surface area (Å²) in [6, 6.07) is 4.25. The van der Waals surface area contributed by atoms with Gasteiger partial charge in [0.15, 0.2) is 0 Å². The van der Waals surface area contributed by atoms with Crippen LogP contribution in [0.4, 0.5) is 5.69 Å². The van der Waals surface area contributed by atoms with Gasteiger partial charge in [-0.25, -0.2) is 10.2 Å². The first-order valence-electron chi connectivity index (χ1n) is 11.0. The van der Waals surface area contributed by atoms with Crippen molar-refractivity contribution in [1.82, 2.24) is 24.6 Å². The zero-order valence-electron chi connectivity index (χ0n) is 18.0. The van der Waals surface area contributed by atoms with Gasteiger partial charge < -0.3 is 14.8 Å². The average Bonchev–Trinajstić information content (AvgIpc) is 3.46. The predicted octanol–water partition coefficient (Wildman–Crippen LogP) is 3.33. The predicted molar refractivity (Wildman–Crippen MR) is 120 cm³/mol. The fraction of sp³-hybridized carbons (Fsp3) is 0.478. The SMILES string of the molecule is C#N.Cn1cc(-c2cc3c(N4CCN(C(=O)C5CCCCC5)CC4)ccnc3[nH]2)cn1. The van der Waals surface area contributed by atoms with Crippen molar-refractivity contribution in [3.63, 3.8) is 0 Å². The maximum absolute atomic E-state index is 12.9. The van der Waals surface area contributed by atoms with Crippen LogP contribution in [-0.2, 0) is 11.8 Å². The molecule has 0 radical (unpaired) electrons. The van der Waals surface area contributed by atoms with E-state index in [1.807, 2.05) is 25.6 Å². The summed E-state index contributed by atoms with van der Waals surface area (Å²) in [5.74, 6) is 0.638. The van der Waals surface area contributed by atoms with Crippen molar-refractivity contribution in [2.75, 3.05) is 31.1 Å². The number of aromatic amines is 1. The molecule has 1 saturated carbocycles. The summed E-state index contributed by atoms with van der Waals surface area (Å²) in [5.41, 5.74) is 4.16. The lowest BCUT2D eigenvalue weighted by Gasteiger charge is -2.38. The van der Waals surface area contributed by atoms with Crippen LogP contribution >= 0.6 is 0 Å². The zero-order chi connectivity index (χ0) is 21.8. The topological polar surface area (TPSA) is 93.8 Å². The number of nitrogens with zero attached hydrogens (tertiary/aromatic N) is 6. The van der Waals surface area contributed by atoms with Crippen molar-refractivity contribution in [2.45, 2.75) is 32.1 Å². The molecule has 0 bridgehead atoms. The Morgan fingerprint density at radius 1 is 1.16 bits per heavy atom. The third-order valence-corrected chi connectivity index (χ3v) is 6.41. The van der Waals surface area contributed by atoms with Gasteiger partial charge in [-0.3, -0.25) is 9.48 Å². The highest BCUT2D eigenvalue weighted by atomic mass is 16.2. The molecule has 1 N–H and O–H groups in total. The first-order chi connectivity index (χ1) is 15.2. The van der Waals surface area contributed by atoms with E-state index in [0.29, 0.717) is 5.91 Å². The van der Waals surface area contributed by atoms with Gasteiger partial charge in [0.25, 0.3) is 0 Å². The largest absolute Gasteiger partial charge is 0.367 e. The summed E-state index contributed by atoms with van der Waals surface area (Å²) in [4.78, 5) is 25.3. The number of hydrogen-bond donors (Lipinski definition) is 1. The molecule has 162 valence electrons. The second kappa shape index (κ2) is 9.21. The van der Waals surface area contributed by atoms with Gasteiger partial charge in [0.05, 0.1) is 11.9 Å². The average molecular weight is 420 g/mol. The number of nitriles is 1. The maximum atomic E-state index is 12.9. The van der Waals surface area contributed by atoms with Crippen LogP contribution in [0.5, 0.6) is 0 Å². The van der Waals surface area contributed by atoms with E-state index in [1.54, 1.807) is 4.68 Å². The molecule has 5 rings (SSSR count). The van der Waals surface area contributed by atoms with Crippen LogP contribution in [0.25, 0.3) is 22.3 Å². The molecule has 1 aliphatic carbocycles. The van der Waals surface area contributed by atoms with E-state index in [2.05, 4.69) is 43.6 Å². The van der Waals surface area contributed by atoms with E-state index in [1.165, 1.54) is 24.9 Å². The molecule has 4 heterocycles. The second-order valence-electron chi connectivity index (χ2n) is 8.33. The number of carbonyl (C=O) groups excluding carboxylic acids is 1. The lowest BCUT2D eigenvalue weighted by molar-refractivity contribution is -0.136. The Balaban J connectivity index is 0.00000112. The molecule has 0 spiro atoms. The Bertz CT molecular complexity index is 1050. The van der Waals surface area contributed by atoms with Crippen LogP contribution in [0.15, 0.2) is 30.7 Å². The van der Waals surface area contributed by atoms with Crippen LogP contribution in [0.3, 0.4) is 0 Å². The molecule has 1 saturated heterocycles. The molecule has 31 heavy (non-hydrogen) atoms. The number of hydrogen-bond acceptors (Lipinski definition) is 5. The number of amides is 1. The maximum Gasteiger partial charge on any atom is 0.225 e. The van der Waals surface area contributed by atoms with Gasteiger partial charge in [0.2, 0.25) is 5.91 Å². The van der Waals surface area contributed by atoms with Gasteiger partial charge in [-0.15, -0.1) is 0 Å². The highest BCUT2D eigenvalue weighted by molar-refractivity contribution is 5.93. The molecule has 1 aliphatic heterocycles. The number of aromatic nitrogens is 4. The van der Waals surface area contributed by atoms with Gasteiger partial charge in [0, 0.05) is 74.7 Å². The van der Waals surface area contributed by atoms with Crippen LogP contribution in [0.2, 0.25) is 0 Å². The third kappa shape index (κ3) is 4.26. The Morgan fingerprint density at radius 3 is 2.58 bits per heavy atom. The minimum Gasteiger partial charge on any atom is -0.367 e. The molecule has 2 aliphatic rings. The van der Waals surface area contributed by atoms with E-state index in [9.17, 15) is 4.79 Å². The molecule has 3 aromatic rings. The zero-order valence-corrected chi connectivity index (χ0v) is 18.0. The number of rotatable bonds is 3. The number of aryl methyl sites for hydroxylation is 1. The van der Waals surface area contributed by atoms with Crippen LogP contribution in [0.1, 0.15) is 32.1 Å². The van der Waals surface area contributed by atoms with Crippen molar-refractivity contribution in [1.29, 1.82) is 5.26 Å². The molecule has 0 unspecified atom stereocenters. The minimum atomic E-state index is 0.259. The third-order valence-electron chi connectivity index (χ3n) is 6.41. The Labute approximate surface area is 182 Å². The molecule has 0 atom stereocenters. The molecule has 8 heteroatoms. The number of carbonyl (C=O) groups is 1. The lowest BCUT2D eigenvalue weighted by atomic mass is 9.88. The summed E-state index contributed by atoms with van der Waals surface area (Å²) in [6.45, 7) is 6.84. The van der Waals surface area contributed by atoms with Crippen molar-refractivity contribution in [3.8, 4) is 17.8 Å². The normalized spacial score (nSPS) is 17.4. The van der Waals surface area contributed by atoms with Crippen LogP contribution in [-0.4, -0.2) is 56.7 Å². The van der Waals surface area contributed by atoms with E-state index in [-0.39, 0.29) is 5.92 Å². The highest BCUT2D eigenvalue weighted by Crippen LogP contribution is 2.31. The summed E-state index contributed by atoms with van der Waals surface area (Å²) in [5, 5.41) is 11.9. The van der Waals surface area contributed by atoms with Crippen LogP contribution in [0, 0.1) is 17.8 Å². The van der Waals surface area contributed by atoms with E-state index in [4.69, 9.17) is 5.26 Å². The lowest BCUT2D eigenvalue weighted by Crippen LogP contribution is -2.50. The fourth-order valence-electron chi connectivity index (χ4n) is 4.78. The van der Waals surface area contributed by atoms with Crippen molar-refractivity contribution >= 4 is 22.6 Å². The molecule has 0 aromatic carbocycles. The van der Waals surface area contributed by atoms with Crippen molar-refractivity contribution in [2.24, 2.45) is 13.0 Å².